The number of benzene rings is 6. The molecule has 69 heavy (non-hydrogen) atoms. The zero-order chi connectivity index (χ0) is 48.5. The summed E-state index contributed by atoms with van der Waals surface area (Å²) in [6, 6.07) is 50.8. The number of hydrogen-bond donors (Lipinski definition) is 0. The summed E-state index contributed by atoms with van der Waals surface area (Å²) in [5, 5.41) is 2.28. The van der Waals surface area contributed by atoms with Gasteiger partial charge < -0.3 is 9.30 Å². The van der Waals surface area contributed by atoms with Crippen LogP contribution in [0.1, 0.15) is 155 Å². The maximum absolute atomic E-state index is 7.01. The number of quaternary nitrogens is 2. The van der Waals surface area contributed by atoms with Gasteiger partial charge >= 0.3 is 0 Å². The Morgan fingerprint density at radius 3 is 1.81 bits per heavy atom. The van der Waals surface area contributed by atoms with Crippen LogP contribution in [0.3, 0.4) is 0 Å². The summed E-state index contributed by atoms with van der Waals surface area (Å²) in [6.45, 7) is 36.8. The minimum Gasteiger partial charge on any atom is -0.509 e. The molecule has 0 spiro atoms. The molecule has 0 bridgehead atoms. The molecule has 2 atom stereocenters. The molecule has 8 aromatic rings. The molecule has 1 unspecified atom stereocenters. The molecule has 6 heteroatoms. The Bertz CT molecular complexity index is 3270. The first-order chi connectivity index (χ1) is 32.0. The number of ether oxygens (including phenoxy) is 1. The molecule has 1 saturated heterocycles. The van der Waals surface area contributed by atoms with Crippen LogP contribution in [0.25, 0.3) is 38.8 Å². The first-order valence-electron chi connectivity index (χ1n) is 24.8. The van der Waals surface area contributed by atoms with Gasteiger partial charge in [-0.1, -0.05) is 164 Å². The largest absolute Gasteiger partial charge is 0.509 e. The number of nitrogens with zero attached hydrogens (tertiary/aromatic N) is 4. The molecular formula is C63H69N4OPt-. The molecule has 6 aromatic carbocycles. The summed E-state index contributed by atoms with van der Waals surface area (Å²) in [4.78, 5) is 4.99. The molecule has 2 aliphatic rings. The Morgan fingerprint density at radius 2 is 1.19 bits per heavy atom. The normalized spacial score (nSPS) is 17.8. The predicted molar refractivity (Wildman–Crippen MR) is 287 cm³/mol. The second-order valence-corrected chi connectivity index (χ2v) is 23.6. The van der Waals surface area contributed by atoms with Crippen LogP contribution in [0.4, 0.5) is 22.7 Å². The number of hydrogen-bond acceptors (Lipinski definition) is 2. The van der Waals surface area contributed by atoms with Gasteiger partial charge in [-0.2, -0.15) is 10.7 Å². The van der Waals surface area contributed by atoms with E-state index in [2.05, 4.69) is 242 Å². The molecule has 5 nitrogen and oxygen atoms in total. The van der Waals surface area contributed by atoms with E-state index in [0.29, 0.717) is 38.4 Å². The molecule has 358 valence electrons. The van der Waals surface area contributed by atoms with Gasteiger partial charge in [-0.15, -0.1) is 35.2 Å². The van der Waals surface area contributed by atoms with Crippen molar-refractivity contribution in [2.75, 3.05) is 0 Å². The van der Waals surface area contributed by atoms with E-state index in [1.807, 2.05) is 6.20 Å². The molecule has 0 aliphatic carbocycles. The molecule has 4 heterocycles. The Kier molecular flexibility index (Phi) is 11.9. The molecule has 2 aliphatic heterocycles. The van der Waals surface area contributed by atoms with Crippen molar-refractivity contribution >= 4 is 44.6 Å². The van der Waals surface area contributed by atoms with Crippen LogP contribution >= 0.6 is 0 Å². The van der Waals surface area contributed by atoms with Gasteiger partial charge in [0.05, 0.1) is 5.69 Å². The van der Waals surface area contributed by atoms with Gasteiger partial charge in [-0.3, -0.25) is 0 Å². The fourth-order valence-electron chi connectivity index (χ4n) is 10.6. The maximum atomic E-state index is 7.01. The van der Waals surface area contributed by atoms with Crippen LogP contribution in [0.2, 0.25) is 0 Å². The van der Waals surface area contributed by atoms with Crippen molar-refractivity contribution in [3.8, 4) is 28.4 Å². The molecular weight excluding hydrogens is 1020 g/mol. The van der Waals surface area contributed by atoms with E-state index in [0.717, 1.165) is 27.9 Å². The van der Waals surface area contributed by atoms with E-state index < -0.39 is 0 Å². The fraction of sp³-hybridized carbons (Fsp3) is 0.333. The molecule has 0 N–H and O–H groups in total. The van der Waals surface area contributed by atoms with Gasteiger partial charge in [0.25, 0.3) is 0 Å². The average molecular weight is 1090 g/mol. The van der Waals surface area contributed by atoms with Crippen LogP contribution in [0, 0.1) is 18.8 Å². The number of rotatable bonds is 9. The van der Waals surface area contributed by atoms with Crippen molar-refractivity contribution in [2.24, 2.45) is 0 Å². The van der Waals surface area contributed by atoms with Crippen molar-refractivity contribution in [1.82, 2.24) is 18.7 Å². The number of para-hydroxylation sites is 2. The van der Waals surface area contributed by atoms with E-state index in [1.165, 1.54) is 67.0 Å². The summed E-state index contributed by atoms with van der Waals surface area (Å²) in [5.74, 6) is 3.41. The van der Waals surface area contributed by atoms with Gasteiger partial charge in [-0.25, -0.2) is 9.58 Å². The number of aromatic nitrogens is 2. The Hall–Kier alpha value is -5.32. The second-order valence-electron chi connectivity index (χ2n) is 23.6. The van der Waals surface area contributed by atoms with Crippen molar-refractivity contribution in [2.45, 2.75) is 138 Å². The Morgan fingerprint density at radius 1 is 0.565 bits per heavy atom. The predicted octanol–water partition coefficient (Wildman–Crippen LogP) is 17.8. The number of fused-ring (bicyclic) bond motifs is 7. The van der Waals surface area contributed by atoms with Crippen LogP contribution < -0.4 is 13.9 Å². The van der Waals surface area contributed by atoms with Crippen LogP contribution in [0.5, 0.6) is 11.5 Å². The zero-order valence-electron chi connectivity index (χ0n) is 43.4. The van der Waals surface area contributed by atoms with E-state index in [1.54, 1.807) is 0 Å². The minimum absolute atomic E-state index is 0. The van der Waals surface area contributed by atoms with Crippen molar-refractivity contribution < 1.29 is 25.8 Å². The molecule has 2 aromatic heterocycles. The minimum atomic E-state index is -0.159. The number of pyridine rings is 1. The third-order valence-corrected chi connectivity index (χ3v) is 14.7. The quantitative estimate of drug-likeness (QED) is 0.0818. The molecule has 0 saturated carbocycles. The molecule has 0 amide bonds. The SMILES string of the molecule is CC(C)c1cc(C(C)C)c(-c2cccc([N@+]34[CH-][N+]3(c3[c-]c(Oc5[c-]c6c(cc5)c5ccc(C(C)(C)C)cc5n6-c5cc(C(C)(C)C)ccn5)cc(C(C)(C)C)c3)c3ccccc34)c2)c(C(C)C)c1.[Pt]. The first kappa shape index (κ1) is 48.7. The summed E-state index contributed by atoms with van der Waals surface area (Å²) in [5.41, 5.74) is 17.3. The van der Waals surface area contributed by atoms with E-state index in [-0.39, 0.29) is 37.3 Å². The third kappa shape index (κ3) is 7.92. The molecule has 1 fully saturated rings. The average Bonchev–Trinajstić information content (AvgIpc) is 3.78. The maximum Gasteiger partial charge on any atom is 0.225 e. The third-order valence-electron chi connectivity index (χ3n) is 14.7. The monoisotopic (exact) mass is 1090 g/mol. The fourth-order valence-corrected chi connectivity index (χ4v) is 10.6. The van der Waals surface area contributed by atoms with E-state index >= 15 is 0 Å². The van der Waals surface area contributed by atoms with E-state index in [4.69, 9.17) is 9.72 Å². The first-order valence-corrected chi connectivity index (χ1v) is 24.8. The summed E-state index contributed by atoms with van der Waals surface area (Å²) < 4.78 is 10.4. The van der Waals surface area contributed by atoms with Crippen molar-refractivity contribution in [3.63, 3.8) is 0 Å². The Labute approximate surface area is 426 Å². The molecule has 0 radical (unpaired) electrons. The topological polar surface area (TPSA) is 27.1 Å². The van der Waals surface area contributed by atoms with Crippen LogP contribution in [0.15, 0.2) is 121 Å². The molecule has 10 rings (SSSR count). The smallest absolute Gasteiger partial charge is 0.225 e. The zero-order valence-corrected chi connectivity index (χ0v) is 45.6. The van der Waals surface area contributed by atoms with Gasteiger partial charge in [0, 0.05) is 68.5 Å². The summed E-state index contributed by atoms with van der Waals surface area (Å²) in [7, 11) is 0. The van der Waals surface area contributed by atoms with Crippen LogP contribution in [-0.4, -0.2) is 9.55 Å². The van der Waals surface area contributed by atoms with Gasteiger partial charge in [0.2, 0.25) is 11.4 Å². The summed E-state index contributed by atoms with van der Waals surface area (Å²) >= 11 is 0. The van der Waals surface area contributed by atoms with Crippen molar-refractivity contribution in [3.05, 3.63) is 174 Å². The van der Waals surface area contributed by atoms with Gasteiger partial charge in [-0.05, 0) is 96.5 Å². The van der Waals surface area contributed by atoms with Crippen molar-refractivity contribution in [1.29, 1.82) is 0 Å². The summed E-state index contributed by atoms with van der Waals surface area (Å²) in [6.07, 6.45) is 1.94. The van der Waals surface area contributed by atoms with E-state index in [9.17, 15) is 0 Å². The standard InChI is InChI=1S/C63H69N4O.Pt/c1-39(2)43-30-53(40(3)4)60(54(31-43)41(5)6)42-19-18-20-47(29-42)66-38-67(66,58-22-17-16-21-57(58)66)48-32-46(63(13,14)15)33-50(36-48)68-49-24-26-52-51-25-23-44(61(7,8)9)34-55(51)65(56(52)37-49)59-35-45(27-28-64-59)62(10,11)12;/h16-35,38-41H,1-15H3;/q-1;/t66-,67?;/m0./s1. The Balaban J connectivity index is 0.00000593. The van der Waals surface area contributed by atoms with Crippen LogP contribution in [-0.2, 0) is 37.3 Å². The van der Waals surface area contributed by atoms with Gasteiger partial charge in [0.1, 0.15) is 5.82 Å². The second kappa shape index (κ2) is 16.9. The van der Waals surface area contributed by atoms with Gasteiger partial charge in [0.15, 0.2) is 12.4 Å².